The van der Waals surface area contributed by atoms with Gasteiger partial charge >= 0.3 is 0 Å². The number of aromatic nitrogens is 2. The van der Waals surface area contributed by atoms with Crippen LogP contribution < -0.4 is 5.73 Å². The third-order valence-corrected chi connectivity index (χ3v) is 3.90. The summed E-state index contributed by atoms with van der Waals surface area (Å²) in [7, 11) is 0. The van der Waals surface area contributed by atoms with Gasteiger partial charge in [0.2, 0.25) is 11.7 Å². The van der Waals surface area contributed by atoms with Crippen molar-refractivity contribution in [3.63, 3.8) is 0 Å². The zero-order valence-corrected chi connectivity index (χ0v) is 11.7. The number of nitrogens with zero attached hydrogens (tertiary/aromatic N) is 2. The summed E-state index contributed by atoms with van der Waals surface area (Å²) in [6.07, 6.45) is 0. The maximum absolute atomic E-state index is 8.93. The Morgan fingerprint density at radius 2 is 2.00 bits per heavy atom. The molecule has 0 amide bonds. The molecule has 1 aromatic heterocycles. The third kappa shape index (κ3) is 2.45. The number of halogens is 1. The Morgan fingerprint density at radius 3 is 2.56 bits per heavy atom. The van der Waals surface area contributed by atoms with Crippen LogP contribution in [0.3, 0.4) is 0 Å². The van der Waals surface area contributed by atoms with E-state index in [1.54, 1.807) is 0 Å². The molecule has 3 N–H and O–H groups in total. The van der Waals surface area contributed by atoms with Gasteiger partial charge in [-0.25, -0.2) is 0 Å². The molecule has 18 heavy (non-hydrogen) atoms. The molecule has 0 aliphatic rings. The van der Waals surface area contributed by atoms with E-state index in [9.17, 15) is 0 Å². The van der Waals surface area contributed by atoms with Gasteiger partial charge in [0.05, 0.1) is 6.61 Å². The van der Waals surface area contributed by atoms with Gasteiger partial charge in [0.25, 0.3) is 0 Å². The molecule has 0 fully saturated rings. The Morgan fingerprint density at radius 1 is 1.39 bits per heavy atom. The van der Waals surface area contributed by atoms with Crippen LogP contribution in [-0.4, -0.2) is 21.9 Å². The third-order valence-electron chi connectivity index (χ3n) is 2.65. The normalized spacial score (nSPS) is 12.7. The van der Waals surface area contributed by atoms with Crippen molar-refractivity contribution in [2.24, 2.45) is 5.73 Å². The summed E-state index contributed by atoms with van der Waals surface area (Å²) in [4.78, 5) is 4.19. The van der Waals surface area contributed by atoms with Crippen molar-refractivity contribution < 1.29 is 9.63 Å². The first-order chi connectivity index (χ1) is 8.52. The first-order valence-corrected chi connectivity index (χ1v) is 6.29. The van der Waals surface area contributed by atoms with E-state index in [2.05, 4.69) is 26.1 Å². The van der Waals surface area contributed by atoms with Gasteiger partial charge in [0, 0.05) is 10.0 Å². The minimum absolute atomic E-state index is 0.222. The van der Waals surface area contributed by atoms with Crippen molar-refractivity contribution in [1.29, 1.82) is 0 Å². The SMILES string of the molecule is Cc1cc(-c2noc(C(N)CO)n2)cc(C)c1Br. The molecular formula is C12H14BrN3O2. The zero-order chi connectivity index (χ0) is 13.3. The minimum atomic E-state index is -0.635. The summed E-state index contributed by atoms with van der Waals surface area (Å²) in [5.74, 6) is 0.721. The van der Waals surface area contributed by atoms with Gasteiger partial charge in [-0.15, -0.1) is 0 Å². The predicted molar refractivity (Wildman–Crippen MR) is 70.9 cm³/mol. The van der Waals surface area contributed by atoms with Crippen LogP contribution >= 0.6 is 15.9 Å². The largest absolute Gasteiger partial charge is 0.394 e. The quantitative estimate of drug-likeness (QED) is 0.906. The molecule has 1 unspecified atom stereocenters. The van der Waals surface area contributed by atoms with E-state index in [0.29, 0.717) is 5.82 Å². The number of aliphatic hydroxyl groups is 1. The van der Waals surface area contributed by atoms with E-state index < -0.39 is 6.04 Å². The fourth-order valence-electron chi connectivity index (χ4n) is 1.66. The number of benzene rings is 1. The molecule has 0 saturated heterocycles. The molecule has 0 radical (unpaired) electrons. The molecule has 0 spiro atoms. The van der Waals surface area contributed by atoms with Gasteiger partial charge in [-0.2, -0.15) is 4.98 Å². The second kappa shape index (κ2) is 5.17. The van der Waals surface area contributed by atoms with Gasteiger partial charge in [0.1, 0.15) is 6.04 Å². The molecule has 0 aliphatic heterocycles. The molecule has 1 atom stereocenters. The number of aliphatic hydroxyl groups excluding tert-OH is 1. The smallest absolute Gasteiger partial charge is 0.246 e. The molecule has 6 heteroatoms. The molecular weight excluding hydrogens is 298 g/mol. The van der Waals surface area contributed by atoms with Crippen molar-refractivity contribution in [2.75, 3.05) is 6.61 Å². The number of aryl methyl sites for hydroxylation is 2. The summed E-state index contributed by atoms with van der Waals surface area (Å²) >= 11 is 3.51. The summed E-state index contributed by atoms with van der Waals surface area (Å²) < 4.78 is 6.10. The Kier molecular flexibility index (Phi) is 3.79. The highest BCUT2D eigenvalue weighted by molar-refractivity contribution is 9.10. The Bertz CT molecular complexity index is 545. The average molecular weight is 312 g/mol. The monoisotopic (exact) mass is 311 g/mol. The van der Waals surface area contributed by atoms with Crippen molar-refractivity contribution in [1.82, 2.24) is 10.1 Å². The lowest BCUT2D eigenvalue weighted by Crippen LogP contribution is -2.14. The molecule has 1 heterocycles. The lowest BCUT2D eigenvalue weighted by atomic mass is 10.1. The maximum atomic E-state index is 8.93. The number of nitrogens with two attached hydrogens (primary N) is 1. The van der Waals surface area contributed by atoms with Gasteiger partial charge in [0.15, 0.2) is 0 Å². The van der Waals surface area contributed by atoms with Crippen LogP contribution in [0.2, 0.25) is 0 Å². The van der Waals surface area contributed by atoms with E-state index in [-0.39, 0.29) is 12.5 Å². The van der Waals surface area contributed by atoms with Crippen LogP contribution in [0.25, 0.3) is 11.4 Å². The molecule has 5 nitrogen and oxygen atoms in total. The highest BCUT2D eigenvalue weighted by Crippen LogP contribution is 2.27. The maximum Gasteiger partial charge on any atom is 0.246 e. The highest BCUT2D eigenvalue weighted by atomic mass is 79.9. The molecule has 96 valence electrons. The van der Waals surface area contributed by atoms with Gasteiger partial charge < -0.3 is 15.4 Å². The molecule has 0 saturated carbocycles. The van der Waals surface area contributed by atoms with Gasteiger partial charge in [-0.05, 0) is 37.1 Å². The minimum Gasteiger partial charge on any atom is -0.394 e. The number of hydrogen-bond donors (Lipinski definition) is 2. The lowest BCUT2D eigenvalue weighted by molar-refractivity contribution is 0.237. The number of rotatable bonds is 3. The van der Waals surface area contributed by atoms with Crippen LogP contribution in [0.1, 0.15) is 23.1 Å². The Hall–Kier alpha value is -1.24. The van der Waals surface area contributed by atoms with Crippen LogP contribution in [0.5, 0.6) is 0 Å². The molecule has 0 bridgehead atoms. The summed E-state index contributed by atoms with van der Waals surface area (Å²) in [6.45, 7) is 3.78. The fourth-order valence-corrected chi connectivity index (χ4v) is 1.89. The van der Waals surface area contributed by atoms with Crippen molar-refractivity contribution in [3.8, 4) is 11.4 Å². The van der Waals surface area contributed by atoms with E-state index in [1.165, 1.54) is 0 Å². The summed E-state index contributed by atoms with van der Waals surface area (Å²) in [5, 5.41) is 12.8. The van der Waals surface area contributed by atoms with Crippen molar-refractivity contribution in [3.05, 3.63) is 33.6 Å². The highest BCUT2D eigenvalue weighted by Gasteiger charge is 2.15. The van der Waals surface area contributed by atoms with Crippen LogP contribution in [0.4, 0.5) is 0 Å². The van der Waals surface area contributed by atoms with E-state index in [0.717, 1.165) is 21.2 Å². The van der Waals surface area contributed by atoms with Crippen molar-refractivity contribution in [2.45, 2.75) is 19.9 Å². The average Bonchev–Trinajstić information content (AvgIpc) is 2.84. The van der Waals surface area contributed by atoms with Crippen LogP contribution in [0, 0.1) is 13.8 Å². The second-order valence-electron chi connectivity index (χ2n) is 4.17. The molecule has 2 rings (SSSR count). The topological polar surface area (TPSA) is 85.2 Å². The van der Waals surface area contributed by atoms with E-state index in [4.69, 9.17) is 15.4 Å². The van der Waals surface area contributed by atoms with Crippen LogP contribution in [-0.2, 0) is 0 Å². The standard InChI is InChI=1S/C12H14BrN3O2/c1-6-3-8(4-7(2)10(6)13)11-15-12(18-16-11)9(14)5-17/h3-4,9,17H,5,14H2,1-2H3. The van der Waals surface area contributed by atoms with Gasteiger partial charge in [-0.3, -0.25) is 0 Å². The van der Waals surface area contributed by atoms with E-state index in [1.807, 2.05) is 26.0 Å². The van der Waals surface area contributed by atoms with E-state index >= 15 is 0 Å². The first kappa shape index (κ1) is 13.2. The van der Waals surface area contributed by atoms with Crippen LogP contribution in [0.15, 0.2) is 21.1 Å². The zero-order valence-electron chi connectivity index (χ0n) is 10.1. The summed E-state index contributed by atoms with van der Waals surface area (Å²) in [5.41, 5.74) is 8.68. The van der Waals surface area contributed by atoms with Gasteiger partial charge in [-0.1, -0.05) is 21.1 Å². The summed E-state index contributed by atoms with van der Waals surface area (Å²) in [6, 6.07) is 3.30. The Labute approximate surface area is 113 Å². The predicted octanol–water partition coefficient (Wildman–Crippen LogP) is 2.11. The lowest BCUT2D eigenvalue weighted by Gasteiger charge is -2.04. The second-order valence-corrected chi connectivity index (χ2v) is 4.96. The molecule has 0 aliphatic carbocycles. The fraction of sp³-hybridized carbons (Fsp3) is 0.333. The molecule has 2 aromatic rings. The number of hydrogen-bond acceptors (Lipinski definition) is 5. The van der Waals surface area contributed by atoms with Crippen molar-refractivity contribution >= 4 is 15.9 Å². The molecule has 1 aromatic carbocycles. The first-order valence-electron chi connectivity index (χ1n) is 5.50. The Balaban J connectivity index is 2.40.